The summed E-state index contributed by atoms with van der Waals surface area (Å²) in [5.41, 5.74) is 3.73. The minimum Gasteiger partial charge on any atom is -0.444 e. The smallest absolute Gasteiger partial charge is 0.410 e. The van der Waals surface area contributed by atoms with E-state index in [2.05, 4.69) is 15.2 Å². The number of amides is 1. The van der Waals surface area contributed by atoms with Crippen LogP contribution in [0.4, 0.5) is 9.18 Å². The first kappa shape index (κ1) is 22.9. The van der Waals surface area contributed by atoms with Gasteiger partial charge in [-0.1, -0.05) is 0 Å². The molecule has 8 nitrogen and oxygen atoms in total. The molecule has 2 fully saturated rings. The number of rotatable bonds is 2. The van der Waals surface area contributed by atoms with Crippen molar-refractivity contribution in [3.05, 3.63) is 47.8 Å². The van der Waals surface area contributed by atoms with Gasteiger partial charge in [0.1, 0.15) is 11.1 Å². The molecular weight excluding hydrogens is 459 g/mol. The van der Waals surface area contributed by atoms with Crippen LogP contribution in [-0.4, -0.2) is 53.1 Å². The number of ether oxygens (including phenoxy) is 1. The number of carbonyl (C=O) groups is 1. The number of fused-ring (bicyclic) bond motifs is 2. The number of aromatic nitrogens is 5. The summed E-state index contributed by atoms with van der Waals surface area (Å²) in [4.78, 5) is 19.2. The van der Waals surface area contributed by atoms with Gasteiger partial charge >= 0.3 is 6.09 Å². The van der Waals surface area contributed by atoms with Crippen molar-refractivity contribution in [2.45, 2.75) is 77.5 Å². The van der Waals surface area contributed by atoms with Crippen molar-refractivity contribution < 1.29 is 13.9 Å². The molecule has 1 aromatic carbocycles. The Hall–Kier alpha value is -3.49. The van der Waals surface area contributed by atoms with Gasteiger partial charge in [0, 0.05) is 29.2 Å². The Morgan fingerprint density at radius 3 is 2.64 bits per heavy atom. The second-order valence-electron chi connectivity index (χ2n) is 11.3. The van der Waals surface area contributed by atoms with Crippen molar-refractivity contribution in [3.8, 4) is 11.3 Å². The number of hydrogen-bond donors (Lipinski definition) is 0. The van der Waals surface area contributed by atoms with Crippen molar-refractivity contribution in [2.24, 2.45) is 0 Å². The van der Waals surface area contributed by atoms with Crippen molar-refractivity contribution in [1.29, 1.82) is 0 Å². The largest absolute Gasteiger partial charge is 0.444 e. The van der Waals surface area contributed by atoms with Gasteiger partial charge in [-0.25, -0.2) is 13.7 Å². The molecule has 0 radical (unpaired) electrons. The van der Waals surface area contributed by atoms with Gasteiger partial charge in [-0.05, 0) is 78.5 Å². The molecule has 1 amide bonds. The van der Waals surface area contributed by atoms with Gasteiger partial charge < -0.3 is 9.64 Å². The molecular formula is C27H31FN6O2. The van der Waals surface area contributed by atoms with Crippen molar-refractivity contribution in [1.82, 2.24) is 29.3 Å². The Balaban J connectivity index is 1.29. The van der Waals surface area contributed by atoms with Gasteiger partial charge in [0.15, 0.2) is 5.82 Å². The van der Waals surface area contributed by atoms with Crippen molar-refractivity contribution in [2.75, 3.05) is 6.54 Å². The summed E-state index contributed by atoms with van der Waals surface area (Å²) in [7, 11) is 0. The number of likely N-dealkylation sites (tertiary alicyclic amines) is 1. The normalized spacial score (nSPS) is 19.4. The van der Waals surface area contributed by atoms with Crippen LogP contribution in [0.15, 0.2) is 30.6 Å². The van der Waals surface area contributed by atoms with Gasteiger partial charge in [-0.15, -0.1) is 0 Å². The first-order valence-corrected chi connectivity index (χ1v) is 12.5. The van der Waals surface area contributed by atoms with Crippen LogP contribution in [0.1, 0.15) is 63.9 Å². The standard InChI is InChI=1S/C27H31FN6O2/c1-16-14-34-23(17(2)29-16)12-22(30-34)18-10-19-15-33(31-24(19)21(28)11-18)20-6-9-32(27(13-20)7-8-27)25(35)36-26(3,4)5/h10-12,14-15,20H,6-9,13H2,1-5H3. The van der Waals surface area contributed by atoms with Crippen LogP contribution in [-0.2, 0) is 4.74 Å². The predicted octanol–water partition coefficient (Wildman–Crippen LogP) is 5.61. The zero-order chi connectivity index (χ0) is 25.4. The number of carbonyl (C=O) groups excluding carboxylic acids is 1. The van der Waals surface area contributed by atoms with Crippen molar-refractivity contribution >= 4 is 22.5 Å². The average Bonchev–Trinajstić information content (AvgIpc) is 3.20. The molecule has 1 saturated heterocycles. The molecule has 0 bridgehead atoms. The SMILES string of the molecule is Cc1cn2nc(-c3cc(F)c4nn(C5CCN(C(=O)OC(C)(C)C)C6(CC6)C5)cc4c3)cc2c(C)n1. The van der Waals surface area contributed by atoms with E-state index < -0.39 is 5.60 Å². The average molecular weight is 491 g/mol. The molecule has 3 aromatic heterocycles. The first-order valence-electron chi connectivity index (χ1n) is 12.5. The topological polar surface area (TPSA) is 77.6 Å². The Kier molecular flexibility index (Phi) is 4.94. The Morgan fingerprint density at radius 2 is 1.92 bits per heavy atom. The van der Waals surface area contributed by atoms with E-state index in [9.17, 15) is 4.79 Å². The van der Waals surface area contributed by atoms with Gasteiger partial charge in [-0.3, -0.25) is 9.67 Å². The Labute approximate surface area is 209 Å². The van der Waals surface area contributed by atoms with E-state index in [1.165, 1.54) is 6.07 Å². The highest BCUT2D eigenvalue weighted by Gasteiger charge is 2.54. The van der Waals surface area contributed by atoms with Crippen molar-refractivity contribution in [3.63, 3.8) is 0 Å². The summed E-state index contributed by atoms with van der Waals surface area (Å²) in [6.45, 7) is 10.2. The van der Waals surface area contributed by atoms with E-state index in [4.69, 9.17) is 4.74 Å². The van der Waals surface area contributed by atoms with E-state index in [1.54, 1.807) is 4.52 Å². The maximum absolute atomic E-state index is 15.2. The third-order valence-corrected chi connectivity index (χ3v) is 7.32. The molecule has 0 N–H and O–H groups in total. The molecule has 36 heavy (non-hydrogen) atoms. The van der Waals surface area contributed by atoms with Crippen LogP contribution in [0.25, 0.3) is 27.7 Å². The molecule has 1 aliphatic carbocycles. The molecule has 1 spiro atoms. The molecule has 9 heteroatoms. The third kappa shape index (κ3) is 3.90. The molecule has 1 atom stereocenters. The number of benzene rings is 1. The van der Waals surface area contributed by atoms with Crippen LogP contribution >= 0.6 is 0 Å². The van der Waals surface area contributed by atoms with Crippen LogP contribution < -0.4 is 0 Å². The summed E-state index contributed by atoms with van der Waals surface area (Å²) in [6, 6.07) is 5.50. The second kappa shape index (κ2) is 7.75. The highest BCUT2D eigenvalue weighted by molar-refractivity contribution is 5.85. The summed E-state index contributed by atoms with van der Waals surface area (Å²) in [5, 5.41) is 10.0. The molecule has 4 aromatic rings. The van der Waals surface area contributed by atoms with Gasteiger partial charge in [0.2, 0.25) is 0 Å². The summed E-state index contributed by atoms with van der Waals surface area (Å²) in [6.07, 6.45) is 7.03. The van der Waals surface area contributed by atoms with Gasteiger partial charge in [-0.2, -0.15) is 10.2 Å². The monoisotopic (exact) mass is 490 g/mol. The Morgan fingerprint density at radius 1 is 1.14 bits per heavy atom. The lowest BCUT2D eigenvalue weighted by Gasteiger charge is -2.40. The highest BCUT2D eigenvalue weighted by Crippen LogP contribution is 2.51. The second-order valence-corrected chi connectivity index (χ2v) is 11.3. The summed E-state index contributed by atoms with van der Waals surface area (Å²) in [5.74, 6) is -0.364. The minimum absolute atomic E-state index is 0.105. The van der Waals surface area contributed by atoms with Crippen LogP contribution in [0.3, 0.4) is 0 Å². The molecule has 6 rings (SSSR count). The lowest BCUT2D eigenvalue weighted by atomic mass is 9.95. The molecule has 188 valence electrons. The molecule has 2 aliphatic rings. The van der Waals surface area contributed by atoms with E-state index in [-0.39, 0.29) is 23.5 Å². The third-order valence-electron chi connectivity index (χ3n) is 7.32. The molecule has 4 heterocycles. The number of nitrogens with zero attached hydrogens (tertiary/aromatic N) is 6. The van der Waals surface area contributed by atoms with Gasteiger partial charge in [0.25, 0.3) is 0 Å². The number of hydrogen-bond acceptors (Lipinski definition) is 5. The number of piperidine rings is 1. The summed E-state index contributed by atoms with van der Waals surface area (Å²) < 4.78 is 24.6. The number of halogens is 1. The highest BCUT2D eigenvalue weighted by atomic mass is 19.1. The van der Waals surface area contributed by atoms with Crippen LogP contribution in [0.2, 0.25) is 0 Å². The molecule has 1 aliphatic heterocycles. The number of aryl methyl sites for hydroxylation is 2. The lowest BCUT2D eigenvalue weighted by Crippen LogP contribution is -2.50. The zero-order valence-corrected chi connectivity index (χ0v) is 21.4. The first-order chi connectivity index (χ1) is 17.0. The fourth-order valence-electron chi connectivity index (χ4n) is 5.49. The summed E-state index contributed by atoms with van der Waals surface area (Å²) >= 11 is 0. The van der Waals surface area contributed by atoms with E-state index >= 15 is 4.39 Å². The van der Waals surface area contributed by atoms with Crippen LogP contribution in [0.5, 0.6) is 0 Å². The zero-order valence-electron chi connectivity index (χ0n) is 21.4. The van der Waals surface area contributed by atoms with E-state index in [0.29, 0.717) is 23.3 Å². The minimum atomic E-state index is -0.520. The molecule has 1 saturated carbocycles. The maximum atomic E-state index is 15.2. The quantitative estimate of drug-likeness (QED) is 0.365. The van der Waals surface area contributed by atoms with E-state index in [0.717, 1.165) is 48.0 Å². The van der Waals surface area contributed by atoms with E-state index in [1.807, 2.05) is 68.7 Å². The van der Waals surface area contributed by atoms with Crippen LogP contribution in [0, 0.1) is 19.7 Å². The fraction of sp³-hybridized carbons (Fsp3) is 0.481. The molecule has 1 unspecified atom stereocenters. The fourth-order valence-corrected chi connectivity index (χ4v) is 5.49. The lowest BCUT2D eigenvalue weighted by molar-refractivity contribution is 0.0000134. The predicted molar refractivity (Wildman–Crippen MR) is 134 cm³/mol. The van der Waals surface area contributed by atoms with Gasteiger partial charge in [0.05, 0.1) is 34.8 Å². The maximum Gasteiger partial charge on any atom is 0.410 e. The Bertz CT molecular complexity index is 1510.